The van der Waals surface area contributed by atoms with Gasteiger partial charge in [0.1, 0.15) is 5.76 Å². The minimum absolute atomic E-state index is 0.450. The summed E-state index contributed by atoms with van der Waals surface area (Å²) >= 11 is 1.66. The number of allylic oxidation sites excluding steroid dienone is 1. The van der Waals surface area contributed by atoms with Crippen LogP contribution in [0, 0.1) is 12.8 Å². The summed E-state index contributed by atoms with van der Waals surface area (Å²) in [7, 11) is 1.80. The van der Waals surface area contributed by atoms with Gasteiger partial charge in [-0.05, 0) is 17.7 Å². The molecule has 1 heterocycles. The third-order valence-corrected chi connectivity index (χ3v) is 3.66. The van der Waals surface area contributed by atoms with E-state index in [1.807, 2.05) is 13.8 Å². The molecular formula is C15H26N2OS. The lowest BCUT2D eigenvalue weighted by molar-refractivity contribution is 0.456. The van der Waals surface area contributed by atoms with Gasteiger partial charge in [0.15, 0.2) is 5.89 Å². The standard InChI is InChI=1S/C8H15NS.C7H11NO/c1-6(2)7(3)10-8(4)9-5;1-5(2)7-4-8-6(3)9-7/h6H,3H2,1-2,4-5H3;4-5H,1-3H3. The van der Waals surface area contributed by atoms with E-state index in [0.717, 1.165) is 16.7 Å². The van der Waals surface area contributed by atoms with E-state index in [2.05, 4.69) is 44.3 Å². The Balaban J connectivity index is 0.000000342. The number of nitrogens with zero attached hydrogens (tertiary/aromatic N) is 2. The Hall–Kier alpha value is -1.03. The fourth-order valence-electron chi connectivity index (χ4n) is 0.998. The van der Waals surface area contributed by atoms with Gasteiger partial charge in [-0.3, -0.25) is 4.99 Å². The molecular weight excluding hydrogens is 256 g/mol. The largest absolute Gasteiger partial charge is 0.446 e. The number of aliphatic imine (C=N–C) groups is 1. The average molecular weight is 282 g/mol. The molecule has 108 valence electrons. The number of aryl methyl sites for hydroxylation is 1. The Bertz CT molecular complexity index is 420. The number of rotatable bonds is 3. The highest BCUT2D eigenvalue weighted by Crippen LogP contribution is 2.22. The molecule has 0 bridgehead atoms. The van der Waals surface area contributed by atoms with E-state index in [9.17, 15) is 0 Å². The molecule has 0 N–H and O–H groups in total. The lowest BCUT2D eigenvalue weighted by atomic mass is 10.2. The summed E-state index contributed by atoms with van der Waals surface area (Å²) in [6.45, 7) is 16.2. The van der Waals surface area contributed by atoms with Gasteiger partial charge >= 0.3 is 0 Å². The van der Waals surface area contributed by atoms with E-state index >= 15 is 0 Å². The molecule has 19 heavy (non-hydrogen) atoms. The van der Waals surface area contributed by atoms with Crippen LogP contribution in [0.2, 0.25) is 0 Å². The second-order valence-electron chi connectivity index (χ2n) is 4.90. The zero-order chi connectivity index (χ0) is 15.0. The van der Waals surface area contributed by atoms with Gasteiger partial charge in [-0.25, -0.2) is 4.98 Å². The van der Waals surface area contributed by atoms with Crippen LogP contribution in [-0.4, -0.2) is 17.1 Å². The van der Waals surface area contributed by atoms with E-state index in [1.165, 1.54) is 4.91 Å². The molecule has 0 amide bonds. The first-order valence-corrected chi connectivity index (χ1v) is 7.31. The van der Waals surface area contributed by atoms with Gasteiger partial charge in [-0.1, -0.05) is 46.0 Å². The summed E-state index contributed by atoms with van der Waals surface area (Å²) < 4.78 is 5.23. The van der Waals surface area contributed by atoms with Crippen molar-refractivity contribution < 1.29 is 4.42 Å². The Morgan fingerprint density at radius 2 is 1.95 bits per heavy atom. The van der Waals surface area contributed by atoms with Gasteiger partial charge in [0.25, 0.3) is 0 Å². The maximum Gasteiger partial charge on any atom is 0.191 e. The third-order valence-electron chi connectivity index (χ3n) is 2.45. The van der Waals surface area contributed by atoms with Gasteiger partial charge in [0.2, 0.25) is 0 Å². The third kappa shape index (κ3) is 7.88. The first kappa shape index (κ1) is 18.0. The summed E-state index contributed by atoms with van der Waals surface area (Å²) in [4.78, 5) is 9.18. The van der Waals surface area contributed by atoms with Gasteiger partial charge in [-0.15, -0.1) is 0 Å². The minimum Gasteiger partial charge on any atom is -0.446 e. The highest BCUT2D eigenvalue weighted by atomic mass is 32.2. The lowest BCUT2D eigenvalue weighted by Crippen LogP contribution is -1.91. The zero-order valence-corrected chi connectivity index (χ0v) is 14.0. The number of hydrogen-bond donors (Lipinski definition) is 0. The number of thioether (sulfide) groups is 1. The zero-order valence-electron chi connectivity index (χ0n) is 13.2. The molecule has 0 aliphatic rings. The Labute approximate surface area is 121 Å². The summed E-state index contributed by atoms with van der Waals surface area (Å²) in [6, 6.07) is 0. The van der Waals surface area contributed by atoms with Crippen molar-refractivity contribution in [2.24, 2.45) is 10.9 Å². The molecule has 0 unspecified atom stereocenters. The van der Waals surface area contributed by atoms with Crippen LogP contribution in [0.25, 0.3) is 0 Å². The smallest absolute Gasteiger partial charge is 0.191 e. The Morgan fingerprint density at radius 1 is 1.37 bits per heavy atom. The second-order valence-corrected chi connectivity index (χ2v) is 6.22. The topological polar surface area (TPSA) is 38.4 Å². The normalized spacial score (nSPS) is 11.5. The van der Waals surface area contributed by atoms with Crippen molar-refractivity contribution in [3.63, 3.8) is 0 Å². The van der Waals surface area contributed by atoms with Crippen molar-refractivity contribution in [1.82, 2.24) is 4.98 Å². The highest BCUT2D eigenvalue weighted by molar-refractivity contribution is 8.17. The maximum atomic E-state index is 5.23. The van der Waals surface area contributed by atoms with Gasteiger partial charge in [-0.2, -0.15) is 0 Å². The van der Waals surface area contributed by atoms with Crippen LogP contribution in [0.1, 0.15) is 52.2 Å². The van der Waals surface area contributed by atoms with Crippen LogP contribution in [0.15, 0.2) is 27.1 Å². The molecule has 0 saturated carbocycles. The van der Waals surface area contributed by atoms with E-state index < -0.39 is 0 Å². The van der Waals surface area contributed by atoms with Crippen molar-refractivity contribution in [1.29, 1.82) is 0 Å². The van der Waals surface area contributed by atoms with Crippen molar-refractivity contribution in [2.75, 3.05) is 7.05 Å². The molecule has 0 atom stereocenters. The SMILES string of the molecule is C=C(SC(C)=NC)C(C)C.Cc1ncc(C(C)C)o1. The van der Waals surface area contributed by atoms with E-state index in [0.29, 0.717) is 11.8 Å². The van der Waals surface area contributed by atoms with Crippen molar-refractivity contribution in [2.45, 2.75) is 47.5 Å². The lowest BCUT2D eigenvalue weighted by Gasteiger charge is -2.06. The predicted molar refractivity (Wildman–Crippen MR) is 85.9 cm³/mol. The van der Waals surface area contributed by atoms with Crippen molar-refractivity contribution in [3.8, 4) is 0 Å². The minimum atomic E-state index is 0.450. The first-order valence-electron chi connectivity index (χ1n) is 6.50. The molecule has 0 spiro atoms. The molecule has 0 aliphatic carbocycles. The molecule has 0 aliphatic heterocycles. The maximum absolute atomic E-state index is 5.23. The van der Waals surface area contributed by atoms with Crippen LogP contribution >= 0.6 is 11.8 Å². The first-order chi connectivity index (χ1) is 8.77. The summed E-state index contributed by atoms with van der Waals surface area (Å²) in [6.07, 6.45) is 1.78. The van der Waals surface area contributed by atoms with Crippen LogP contribution in [0.4, 0.5) is 0 Å². The Morgan fingerprint density at radius 3 is 2.21 bits per heavy atom. The molecule has 0 aromatic carbocycles. The van der Waals surface area contributed by atoms with Crippen LogP contribution in [0.3, 0.4) is 0 Å². The summed E-state index contributed by atoms with van der Waals surface area (Å²) in [5.41, 5.74) is 0. The average Bonchev–Trinajstić information content (AvgIpc) is 2.76. The van der Waals surface area contributed by atoms with E-state index in [-0.39, 0.29) is 0 Å². The van der Waals surface area contributed by atoms with Gasteiger partial charge in [0.05, 0.1) is 11.2 Å². The number of oxazole rings is 1. The summed E-state index contributed by atoms with van der Waals surface area (Å²) in [5, 5.41) is 1.08. The van der Waals surface area contributed by atoms with E-state index in [4.69, 9.17) is 4.42 Å². The summed E-state index contributed by atoms with van der Waals surface area (Å²) in [5.74, 6) is 2.71. The molecule has 4 heteroatoms. The van der Waals surface area contributed by atoms with Crippen molar-refractivity contribution in [3.05, 3.63) is 29.3 Å². The fourth-order valence-corrected chi connectivity index (χ4v) is 1.70. The molecule has 3 nitrogen and oxygen atoms in total. The van der Waals surface area contributed by atoms with Crippen LogP contribution < -0.4 is 0 Å². The van der Waals surface area contributed by atoms with Gasteiger partial charge < -0.3 is 4.42 Å². The molecule has 0 radical (unpaired) electrons. The number of hydrogen-bond acceptors (Lipinski definition) is 4. The monoisotopic (exact) mass is 282 g/mol. The molecule has 0 saturated heterocycles. The quantitative estimate of drug-likeness (QED) is 0.575. The second kappa shape index (κ2) is 8.97. The Kier molecular flexibility index (Phi) is 8.48. The predicted octanol–water partition coefficient (Wildman–Crippen LogP) is 5.04. The number of aromatic nitrogens is 1. The highest BCUT2D eigenvalue weighted by Gasteiger charge is 2.02. The van der Waals surface area contributed by atoms with Crippen molar-refractivity contribution >= 4 is 16.8 Å². The van der Waals surface area contributed by atoms with Gasteiger partial charge in [0, 0.05) is 19.9 Å². The molecule has 1 aromatic rings. The van der Waals surface area contributed by atoms with Crippen LogP contribution in [0.5, 0.6) is 0 Å². The molecule has 0 fully saturated rings. The van der Waals surface area contributed by atoms with Crippen LogP contribution in [-0.2, 0) is 0 Å². The fraction of sp³-hybridized carbons (Fsp3) is 0.600. The molecule has 1 rings (SSSR count). The van der Waals surface area contributed by atoms with E-state index in [1.54, 1.807) is 25.0 Å². The molecule has 1 aromatic heterocycles.